The van der Waals surface area contributed by atoms with E-state index in [1.807, 2.05) is 24.3 Å². The summed E-state index contributed by atoms with van der Waals surface area (Å²) in [6.07, 6.45) is 3.85. The van der Waals surface area contributed by atoms with Crippen LogP contribution >= 0.6 is 0 Å². The molecule has 2 fully saturated rings. The number of H-pyrrole nitrogens is 1. The van der Waals surface area contributed by atoms with Crippen LogP contribution in [-0.2, 0) is 31.1 Å². The quantitative estimate of drug-likeness (QED) is 0.377. The number of aromatic nitrogens is 1. The van der Waals surface area contributed by atoms with Crippen LogP contribution in [0.3, 0.4) is 0 Å². The molecular weight excluding hydrogens is 500 g/mol. The van der Waals surface area contributed by atoms with Crippen LogP contribution in [0.1, 0.15) is 64.1 Å². The third-order valence-electron chi connectivity index (χ3n) is 8.42. The number of benzene rings is 1. The Balaban J connectivity index is 1.43. The summed E-state index contributed by atoms with van der Waals surface area (Å²) in [4.78, 5) is 72.2. The zero-order valence-electron chi connectivity index (χ0n) is 22.6. The van der Waals surface area contributed by atoms with Crippen molar-refractivity contribution in [2.45, 2.75) is 83.0 Å². The highest BCUT2D eigenvalue weighted by Crippen LogP contribution is 2.45. The molecule has 1 saturated carbocycles. The van der Waals surface area contributed by atoms with Gasteiger partial charge in [0.2, 0.25) is 17.7 Å². The molecule has 208 valence electrons. The van der Waals surface area contributed by atoms with Crippen LogP contribution in [0.4, 0.5) is 4.79 Å². The molecule has 1 aromatic carbocycles. The Morgan fingerprint density at radius 1 is 1.13 bits per heavy atom. The van der Waals surface area contributed by atoms with Gasteiger partial charge in [0, 0.05) is 23.5 Å². The van der Waals surface area contributed by atoms with Crippen LogP contribution in [0, 0.1) is 5.92 Å². The number of nitrogens with one attached hydrogen (secondary N) is 3. The average Bonchev–Trinajstić information content (AvgIpc) is 3.57. The topological polar surface area (TPSA) is 158 Å². The lowest BCUT2D eigenvalue weighted by Gasteiger charge is -2.36. The zero-order chi connectivity index (χ0) is 28.1. The van der Waals surface area contributed by atoms with Crippen molar-refractivity contribution in [3.8, 4) is 0 Å². The predicted molar refractivity (Wildman–Crippen MR) is 143 cm³/mol. The van der Waals surface area contributed by atoms with Gasteiger partial charge in [-0.1, -0.05) is 44.9 Å². The maximum Gasteiger partial charge on any atom is 0.328 e. The van der Waals surface area contributed by atoms with E-state index in [9.17, 15) is 24.0 Å². The summed E-state index contributed by atoms with van der Waals surface area (Å²) in [6.45, 7) is 5.51. The summed E-state index contributed by atoms with van der Waals surface area (Å²) in [6, 6.07) is 4.80. The molecule has 39 heavy (non-hydrogen) atoms. The van der Waals surface area contributed by atoms with Gasteiger partial charge in [0.05, 0.1) is 12.1 Å². The molecular formula is C28H36N6O5. The first kappa shape index (κ1) is 26.7. The van der Waals surface area contributed by atoms with Crippen LogP contribution in [0.25, 0.3) is 10.9 Å². The molecule has 1 aliphatic carbocycles. The molecule has 1 aromatic heterocycles. The van der Waals surface area contributed by atoms with Crippen molar-refractivity contribution in [2.24, 2.45) is 11.7 Å². The van der Waals surface area contributed by atoms with Crippen LogP contribution < -0.4 is 16.4 Å². The van der Waals surface area contributed by atoms with Gasteiger partial charge in [-0.05, 0) is 43.7 Å². The lowest BCUT2D eigenvalue weighted by molar-refractivity contribution is -0.142. The maximum absolute atomic E-state index is 14.1. The number of hydrogen-bond donors (Lipinski definition) is 4. The third-order valence-corrected chi connectivity index (χ3v) is 8.42. The lowest BCUT2D eigenvalue weighted by Crippen LogP contribution is -2.58. The molecule has 2 aliphatic heterocycles. The number of fused-ring (bicyclic) bond motifs is 5. The van der Waals surface area contributed by atoms with E-state index in [4.69, 9.17) is 5.73 Å². The van der Waals surface area contributed by atoms with E-state index in [1.54, 1.807) is 20.8 Å². The lowest BCUT2D eigenvalue weighted by atomic mass is 9.86. The predicted octanol–water partition coefficient (Wildman–Crippen LogP) is 1.65. The summed E-state index contributed by atoms with van der Waals surface area (Å²) >= 11 is 0. The number of imide groups is 1. The van der Waals surface area contributed by atoms with Crippen molar-refractivity contribution in [2.75, 3.05) is 6.54 Å². The molecule has 1 saturated heterocycles. The largest absolute Gasteiger partial charge is 0.370 e. The van der Waals surface area contributed by atoms with E-state index >= 15 is 0 Å². The van der Waals surface area contributed by atoms with Crippen LogP contribution in [0.5, 0.6) is 0 Å². The minimum Gasteiger partial charge on any atom is -0.370 e. The molecule has 6 amide bonds. The second kappa shape index (κ2) is 10.0. The summed E-state index contributed by atoms with van der Waals surface area (Å²) in [5.74, 6) is -2.89. The van der Waals surface area contributed by atoms with Crippen molar-refractivity contribution < 1.29 is 24.0 Å². The monoisotopic (exact) mass is 536 g/mol. The molecule has 5 N–H and O–H groups in total. The van der Waals surface area contributed by atoms with Gasteiger partial charge < -0.3 is 26.3 Å². The fourth-order valence-electron chi connectivity index (χ4n) is 6.42. The third kappa shape index (κ3) is 4.43. The summed E-state index contributed by atoms with van der Waals surface area (Å²) in [5, 5.41) is 6.53. The van der Waals surface area contributed by atoms with E-state index in [2.05, 4.69) is 15.6 Å². The second-order valence-electron chi connectivity index (χ2n) is 11.4. The number of amides is 6. The van der Waals surface area contributed by atoms with Gasteiger partial charge in [0.25, 0.3) is 5.91 Å². The molecule has 5 rings (SSSR count). The Labute approximate surface area is 226 Å². The van der Waals surface area contributed by atoms with E-state index in [-0.39, 0.29) is 12.5 Å². The van der Waals surface area contributed by atoms with E-state index in [1.165, 1.54) is 4.90 Å². The van der Waals surface area contributed by atoms with Crippen LogP contribution in [-0.4, -0.2) is 69.1 Å². The van der Waals surface area contributed by atoms with Gasteiger partial charge in [0.1, 0.15) is 12.1 Å². The van der Waals surface area contributed by atoms with Gasteiger partial charge in [-0.2, -0.15) is 0 Å². The number of hydrogen-bond acceptors (Lipinski definition) is 5. The highest BCUT2D eigenvalue weighted by molar-refractivity contribution is 6.11. The molecule has 0 radical (unpaired) electrons. The minimum atomic E-state index is -1.30. The Kier molecular flexibility index (Phi) is 6.86. The SMILES string of the molecule is CC(C)C(C(=O)NC(CC(N)=O)C(=O)NC1CCCC1)N1C(=O)N2CCc3c([nH]c4ccccc34)C2(C)C1=O. The molecule has 3 heterocycles. The molecule has 3 atom stereocenters. The van der Waals surface area contributed by atoms with Crippen LogP contribution in [0.15, 0.2) is 24.3 Å². The van der Waals surface area contributed by atoms with Crippen LogP contribution in [0.2, 0.25) is 0 Å². The van der Waals surface area contributed by atoms with Crippen molar-refractivity contribution in [1.29, 1.82) is 0 Å². The molecule has 3 unspecified atom stereocenters. The molecule has 2 aromatic rings. The number of primary amides is 1. The Bertz CT molecular complexity index is 1350. The van der Waals surface area contributed by atoms with Crippen molar-refractivity contribution in [3.63, 3.8) is 0 Å². The van der Waals surface area contributed by atoms with Gasteiger partial charge in [-0.3, -0.25) is 19.2 Å². The second-order valence-corrected chi connectivity index (χ2v) is 11.4. The Hall–Kier alpha value is -3.89. The summed E-state index contributed by atoms with van der Waals surface area (Å²) in [5.41, 5.74) is 6.61. The first-order chi connectivity index (χ1) is 18.5. The maximum atomic E-state index is 14.1. The normalized spacial score (nSPS) is 22.7. The molecule has 0 spiro atoms. The number of nitrogens with two attached hydrogens (primary N) is 1. The molecule has 0 bridgehead atoms. The number of para-hydroxylation sites is 1. The van der Waals surface area contributed by atoms with Gasteiger partial charge in [-0.25, -0.2) is 9.69 Å². The standard InChI is InChI=1S/C28H36N6O5/c1-15(2)22(25(37)32-20(14-21(29)35)24(36)30-16-8-4-5-9-16)34-26(38)28(3)23-18(12-13-33(28)27(34)39)17-10-6-7-11-19(17)31-23/h6-7,10-11,15-16,20,22,31H,4-5,8-9,12-14H2,1-3H3,(H2,29,35)(H,30,36)(H,32,37). The number of nitrogens with zero attached hydrogens (tertiary/aromatic N) is 2. The summed E-state index contributed by atoms with van der Waals surface area (Å²) in [7, 11) is 0. The molecule has 11 nitrogen and oxygen atoms in total. The van der Waals surface area contributed by atoms with Crippen molar-refractivity contribution >= 4 is 40.6 Å². The number of carbonyl (C=O) groups excluding carboxylic acids is 5. The number of urea groups is 1. The Morgan fingerprint density at radius 2 is 1.82 bits per heavy atom. The van der Waals surface area contributed by atoms with Crippen molar-refractivity contribution in [1.82, 2.24) is 25.4 Å². The molecule has 11 heteroatoms. The number of carbonyl (C=O) groups is 5. The minimum absolute atomic E-state index is 0.0196. The van der Waals surface area contributed by atoms with Crippen molar-refractivity contribution in [3.05, 3.63) is 35.5 Å². The van der Waals surface area contributed by atoms with E-state index in [0.29, 0.717) is 18.7 Å². The summed E-state index contributed by atoms with van der Waals surface area (Å²) < 4.78 is 0. The fraction of sp³-hybridized carbons (Fsp3) is 0.536. The smallest absolute Gasteiger partial charge is 0.328 e. The van der Waals surface area contributed by atoms with Gasteiger partial charge >= 0.3 is 6.03 Å². The van der Waals surface area contributed by atoms with E-state index < -0.39 is 53.2 Å². The zero-order valence-corrected chi connectivity index (χ0v) is 22.6. The van der Waals surface area contributed by atoms with Gasteiger partial charge in [-0.15, -0.1) is 0 Å². The number of rotatable bonds is 8. The highest BCUT2D eigenvalue weighted by Gasteiger charge is 2.61. The molecule has 3 aliphatic rings. The number of aromatic amines is 1. The fourth-order valence-corrected chi connectivity index (χ4v) is 6.42. The Morgan fingerprint density at radius 3 is 2.49 bits per heavy atom. The highest BCUT2D eigenvalue weighted by atomic mass is 16.2. The average molecular weight is 537 g/mol. The van der Waals surface area contributed by atoms with E-state index in [0.717, 1.165) is 47.0 Å². The first-order valence-corrected chi connectivity index (χ1v) is 13.7. The first-order valence-electron chi connectivity index (χ1n) is 13.7. The van der Waals surface area contributed by atoms with Gasteiger partial charge in [0.15, 0.2) is 5.54 Å².